The molecular formula is C17H21N3O4S. The van der Waals surface area contributed by atoms with Crippen molar-refractivity contribution in [3.8, 4) is 5.75 Å². The average molecular weight is 363 g/mol. The minimum Gasteiger partial charge on any atom is -0.494 e. The highest BCUT2D eigenvalue weighted by atomic mass is 32.2. The fraction of sp³-hybridized carbons (Fsp3) is 0.294. The highest BCUT2D eigenvalue weighted by Gasteiger charge is 2.26. The van der Waals surface area contributed by atoms with Crippen molar-refractivity contribution >= 4 is 21.6 Å². The van der Waals surface area contributed by atoms with E-state index in [1.165, 1.54) is 25.6 Å². The van der Waals surface area contributed by atoms with Gasteiger partial charge in [-0.3, -0.25) is 14.5 Å². The first-order valence-electron chi connectivity index (χ1n) is 7.67. The zero-order chi connectivity index (χ0) is 18.6. The number of sulfonamides is 1. The minimum absolute atomic E-state index is 0.0703. The number of nitrogens with one attached hydrogen (secondary N) is 2. The van der Waals surface area contributed by atoms with E-state index < -0.39 is 15.9 Å². The number of nitrogens with zero attached hydrogens (tertiary/aromatic N) is 1. The first kappa shape index (κ1) is 18.7. The zero-order valence-corrected chi connectivity index (χ0v) is 15.3. The zero-order valence-electron chi connectivity index (χ0n) is 14.5. The molecule has 1 aromatic carbocycles. The number of pyridine rings is 1. The van der Waals surface area contributed by atoms with Crippen LogP contribution in [0.4, 0.5) is 5.69 Å². The molecule has 0 aliphatic rings. The van der Waals surface area contributed by atoms with Crippen molar-refractivity contribution in [2.45, 2.75) is 31.7 Å². The van der Waals surface area contributed by atoms with Gasteiger partial charge < -0.3 is 10.1 Å². The summed E-state index contributed by atoms with van der Waals surface area (Å²) >= 11 is 0. The largest absolute Gasteiger partial charge is 0.494 e. The van der Waals surface area contributed by atoms with Crippen LogP contribution >= 0.6 is 0 Å². The molecule has 25 heavy (non-hydrogen) atoms. The minimum atomic E-state index is -4.02. The summed E-state index contributed by atoms with van der Waals surface area (Å²) < 4.78 is 33.4. The van der Waals surface area contributed by atoms with Gasteiger partial charge in [0.2, 0.25) is 0 Å². The molecule has 0 unspecified atom stereocenters. The van der Waals surface area contributed by atoms with Crippen LogP contribution in [0.2, 0.25) is 0 Å². The lowest BCUT2D eigenvalue weighted by molar-refractivity contribution is 0.0939. The van der Waals surface area contributed by atoms with E-state index in [2.05, 4.69) is 15.0 Å². The summed E-state index contributed by atoms with van der Waals surface area (Å²) in [5.41, 5.74) is 0.749. The number of aryl methyl sites for hydroxylation is 1. The van der Waals surface area contributed by atoms with Crippen LogP contribution in [0, 0.1) is 6.92 Å². The molecule has 0 saturated carbocycles. The van der Waals surface area contributed by atoms with E-state index in [1.807, 2.05) is 0 Å². The van der Waals surface area contributed by atoms with Crippen molar-refractivity contribution in [1.82, 2.24) is 10.3 Å². The highest BCUT2D eigenvalue weighted by Crippen LogP contribution is 2.28. The third-order valence-corrected chi connectivity index (χ3v) is 4.96. The molecule has 0 bridgehead atoms. The van der Waals surface area contributed by atoms with Gasteiger partial charge in [0, 0.05) is 18.3 Å². The van der Waals surface area contributed by atoms with Crippen molar-refractivity contribution in [3.63, 3.8) is 0 Å². The molecule has 1 aromatic heterocycles. The molecule has 134 valence electrons. The van der Waals surface area contributed by atoms with Crippen molar-refractivity contribution in [2.75, 3.05) is 11.8 Å². The number of anilines is 1. The van der Waals surface area contributed by atoms with E-state index >= 15 is 0 Å². The van der Waals surface area contributed by atoms with Gasteiger partial charge in [-0.2, -0.15) is 0 Å². The highest BCUT2D eigenvalue weighted by molar-refractivity contribution is 7.92. The molecule has 0 fully saturated rings. The lowest BCUT2D eigenvalue weighted by atomic mass is 10.1. The van der Waals surface area contributed by atoms with Crippen LogP contribution in [0.15, 0.2) is 41.6 Å². The summed E-state index contributed by atoms with van der Waals surface area (Å²) in [5, 5.41) is 2.72. The van der Waals surface area contributed by atoms with Crippen molar-refractivity contribution in [3.05, 3.63) is 47.8 Å². The smallest absolute Gasteiger partial charge is 0.263 e. The lowest BCUT2D eigenvalue weighted by Gasteiger charge is -2.16. The summed E-state index contributed by atoms with van der Waals surface area (Å²) in [6.45, 7) is 5.25. The Bertz CT molecular complexity index is 879. The van der Waals surface area contributed by atoms with Crippen LogP contribution in [0.1, 0.15) is 29.8 Å². The van der Waals surface area contributed by atoms with E-state index in [0.29, 0.717) is 11.3 Å². The summed E-state index contributed by atoms with van der Waals surface area (Å²) in [4.78, 5) is 16.2. The molecule has 2 aromatic rings. The molecule has 8 heteroatoms. The second-order valence-electron chi connectivity index (χ2n) is 5.76. The maximum absolute atomic E-state index is 12.9. The number of amides is 1. The molecule has 0 aliphatic carbocycles. The van der Waals surface area contributed by atoms with Crippen molar-refractivity contribution in [2.24, 2.45) is 0 Å². The predicted molar refractivity (Wildman–Crippen MR) is 95.4 cm³/mol. The Morgan fingerprint density at radius 2 is 1.96 bits per heavy atom. The molecule has 2 N–H and O–H groups in total. The van der Waals surface area contributed by atoms with Crippen LogP contribution in [-0.2, 0) is 10.0 Å². The number of rotatable bonds is 6. The Kier molecular flexibility index (Phi) is 5.63. The van der Waals surface area contributed by atoms with Gasteiger partial charge in [0.25, 0.3) is 15.9 Å². The van der Waals surface area contributed by atoms with Crippen LogP contribution in [-0.4, -0.2) is 32.5 Å². The first-order valence-corrected chi connectivity index (χ1v) is 9.16. The molecule has 0 aliphatic heterocycles. The van der Waals surface area contributed by atoms with Gasteiger partial charge in [0.15, 0.2) is 0 Å². The Morgan fingerprint density at radius 1 is 1.24 bits per heavy atom. The number of hydrogen-bond donors (Lipinski definition) is 2. The third-order valence-electron chi connectivity index (χ3n) is 3.39. The summed E-state index contributed by atoms with van der Waals surface area (Å²) in [6, 6.07) is 6.20. The quantitative estimate of drug-likeness (QED) is 0.821. The second kappa shape index (κ2) is 7.52. The molecule has 7 nitrogen and oxygen atoms in total. The van der Waals surface area contributed by atoms with Gasteiger partial charge in [-0.25, -0.2) is 8.42 Å². The standard InChI is InChI=1S/C17H21N3O4S/c1-11(2)19-17(21)13-7-5-6-12(3)16(13)25(22,23)20-14-10-18-9-8-15(14)24-4/h5-11,20H,1-4H3,(H,19,21). The van der Waals surface area contributed by atoms with Gasteiger partial charge in [-0.05, 0) is 32.4 Å². The number of carbonyl (C=O) groups excluding carboxylic acids is 1. The van der Waals surface area contributed by atoms with Crippen LogP contribution < -0.4 is 14.8 Å². The molecule has 0 atom stereocenters. The molecular weight excluding hydrogens is 342 g/mol. The Morgan fingerprint density at radius 3 is 2.60 bits per heavy atom. The molecule has 2 rings (SSSR count). The summed E-state index contributed by atoms with van der Waals surface area (Å²) in [6.07, 6.45) is 2.84. The van der Waals surface area contributed by atoms with Crippen molar-refractivity contribution in [1.29, 1.82) is 0 Å². The van der Waals surface area contributed by atoms with Gasteiger partial charge in [-0.15, -0.1) is 0 Å². The third kappa shape index (κ3) is 4.27. The number of methoxy groups -OCH3 is 1. The molecule has 0 radical (unpaired) electrons. The second-order valence-corrected chi connectivity index (χ2v) is 7.38. The van der Waals surface area contributed by atoms with Crippen LogP contribution in [0.5, 0.6) is 5.75 Å². The van der Waals surface area contributed by atoms with E-state index in [0.717, 1.165) is 0 Å². The maximum atomic E-state index is 12.9. The fourth-order valence-corrected chi connectivity index (χ4v) is 3.85. The van der Waals surface area contributed by atoms with Gasteiger partial charge in [0.05, 0.1) is 18.9 Å². The summed E-state index contributed by atoms with van der Waals surface area (Å²) in [7, 11) is -2.59. The monoisotopic (exact) mass is 363 g/mol. The van der Waals surface area contributed by atoms with E-state index in [4.69, 9.17) is 4.74 Å². The molecule has 0 saturated heterocycles. The molecule has 0 spiro atoms. The normalized spacial score (nSPS) is 11.2. The van der Waals surface area contributed by atoms with Gasteiger partial charge in [0.1, 0.15) is 16.3 Å². The SMILES string of the molecule is COc1ccncc1NS(=O)(=O)c1c(C)cccc1C(=O)NC(C)C. The topological polar surface area (TPSA) is 97.4 Å². The Balaban J connectivity index is 2.51. The number of hydrogen-bond acceptors (Lipinski definition) is 5. The summed E-state index contributed by atoms with van der Waals surface area (Å²) in [5.74, 6) is -0.113. The van der Waals surface area contributed by atoms with Gasteiger partial charge in [-0.1, -0.05) is 12.1 Å². The Labute approximate surface area is 147 Å². The Hall–Kier alpha value is -2.61. The fourth-order valence-electron chi connectivity index (χ4n) is 2.36. The first-order chi connectivity index (χ1) is 11.8. The molecule has 1 amide bonds. The van der Waals surface area contributed by atoms with Crippen LogP contribution in [0.3, 0.4) is 0 Å². The number of ether oxygens (including phenoxy) is 1. The van der Waals surface area contributed by atoms with Crippen molar-refractivity contribution < 1.29 is 17.9 Å². The van der Waals surface area contributed by atoms with E-state index in [-0.39, 0.29) is 22.2 Å². The maximum Gasteiger partial charge on any atom is 0.263 e. The number of carbonyl (C=O) groups is 1. The van der Waals surface area contributed by atoms with E-state index in [9.17, 15) is 13.2 Å². The predicted octanol–water partition coefficient (Wildman–Crippen LogP) is 2.34. The lowest BCUT2D eigenvalue weighted by Crippen LogP contribution is -2.32. The van der Waals surface area contributed by atoms with E-state index in [1.54, 1.807) is 39.0 Å². The number of aromatic nitrogens is 1. The van der Waals surface area contributed by atoms with Gasteiger partial charge >= 0.3 is 0 Å². The molecule has 1 heterocycles. The average Bonchev–Trinajstić information content (AvgIpc) is 2.53. The number of benzene rings is 1. The van der Waals surface area contributed by atoms with Crippen LogP contribution in [0.25, 0.3) is 0 Å².